The fraction of sp³-hybridized carbons (Fsp3) is 0.176. The van der Waals surface area contributed by atoms with Crippen molar-refractivity contribution >= 4 is 17.4 Å². The minimum absolute atomic E-state index is 0.168. The number of hydrogen-bond donors (Lipinski definition) is 2. The number of hydrogen-bond acceptors (Lipinski definition) is 4. The summed E-state index contributed by atoms with van der Waals surface area (Å²) in [5.41, 5.74) is 8.12. The number of nitrogens with two attached hydrogens (primary N) is 1. The number of ketones is 1. The monoisotopic (exact) mass is 299 g/mol. The molecule has 0 saturated carbocycles. The molecule has 2 rings (SSSR count). The van der Waals surface area contributed by atoms with Crippen molar-refractivity contribution in [3.05, 3.63) is 59.2 Å². The summed E-state index contributed by atoms with van der Waals surface area (Å²) in [4.78, 5) is 22.4. The maximum absolute atomic E-state index is 11.5. The van der Waals surface area contributed by atoms with E-state index in [4.69, 9.17) is 15.6 Å². The molecule has 0 aliphatic rings. The van der Waals surface area contributed by atoms with Gasteiger partial charge in [0.05, 0.1) is 6.42 Å². The minimum atomic E-state index is -0.990. The number of anilines is 1. The molecule has 0 saturated heterocycles. The fourth-order valence-corrected chi connectivity index (χ4v) is 2.16. The van der Waals surface area contributed by atoms with Gasteiger partial charge < -0.3 is 15.6 Å². The summed E-state index contributed by atoms with van der Waals surface area (Å²) >= 11 is 0. The van der Waals surface area contributed by atoms with Crippen LogP contribution in [-0.2, 0) is 17.8 Å². The molecule has 0 radical (unpaired) electrons. The van der Waals surface area contributed by atoms with Crippen LogP contribution < -0.4 is 10.5 Å². The highest BCUT2D eigenvalue weighted by atomic mass is 16.5. The van der Waals surface area contributed by atoms with Gasteiger partial charge in [0.2, 0.25) is 0 Å². The van der Waals surface area contributed by atoms with Crippen LogP contribution in [-0.4, -0.2) is 16.9 Å². The number of carboxylic acids is 1. The first-order valence-corrected chi connectivity index (χ1v) is 6.78. The van der Waals surface area contributed by atoms with E-state index in [9.17, 15) is 9.59 Å². The predicted molar refractivity (Wildman–Crippen MR) is 83.0 cm³/mol. The van der Waals surface area contributed by atoms with Crippen LogP contribution in [0.15, 0.2) is 42.5 Å². The van der Waals surface area contributed by atoms with Crippen molar-refractivity contribution in [2.75, 3.05) is 5.73 Å². The lowest BCUT2D eigenvalue weighted by atomic mass is 10.0. The molecule has 0 heterocycles. The molecule has 0 aromatic heterocycles. The largest absolute Gasteiger partial charge is 0.489 e. The third-order valence-corrected chi connectivity index (χ3v) is 3.15. The van der Waals surface area contributed by atoms with E-state index >= 15 is 0 Å². The Bertz CT molecular complexity index is 710. The summed E-state index contributed by atoms with van der Waals surface area (Å²) in [5, 5.41) is 8.94. The molecule has 0 aliphatic heterocycles. The first-order valence-electron chi connectivity index (χ1n) is 6.78. The van der Waals surface area contributed by atoms with Gasteiger partial charge in [-0.15, -0.1) is 0 Å². The van der Waals surface area contributed by atoms with Crippen molar-refractivity contribution in [2.45, 2.75) is 20.0 Å². The quantitative estimate of drug-likeness (QED) is 0.632. The number of benzene rings is 2. The van der Waals surface area contributed by atoms with Crippen LogP contribution in [0.5, 0.6) is 5.75 Å². The van der Waals surface area contributed by atoms with Gasteiger partial charge in [-0.2, -0.15) is 0 Å². The van der Waals surface area contributed by atoms with Crippen molar-refractivity contribution < 1.29 is 19.4 Å². The molecule has 2 aromatic rings. The molecule has 114 valence electrons. The summed E-state index contributed by atoms with van der Waals surface area (Å²) in [7, 11) is 0. The van der Waals surface area contributed by atoms with Crippen LogP contribution in [0.2, 0.25) is 0 Å². The van der Waals surface area contributed by atoms with Gasteiger partial charge in [0.25, 0.3) is 0 Å². The topological polar surface area (TPSA) is 89.6 Å². The Morgan fingerprint density at radius 2 is 1.95 bits per heavy atom. The average molecular weight is 299 g/mol. The molecule has 3 N–H and O–H groups in total. The number of carboxylic acid groups (broad SMARTS) is 1. The zero-order valence-corrected chi connectivity index (χ0v) is 12.2. The van der Waals surface area contributed by atoms with Crippen LogP contribution in [0.4, 0.5) is 5.69 Å². The van der Waals surface area contributed by atoms with E-state index in [-0.39, 0.29) is 12.2 Å². The molecule has 0 amide bonds. The van der Waals surface area contributed by atoms with E-state index in [1.807, 2.05) is 18.2 Å². The van der Waals surface area contributed by atoms with Gasteiger partial charge in [-0.05, 0) is 48.4 Å². The van der Waals surface area contributed by atoms with Crippen molar-refractivity contribution in [1.29, 1.82) is 0 Å². The number of ether oxygens (including phenoxy) is 1. The molecular weight excluding hydrogens is 282 g/mol. The standard InChI is InChI=1S/C17H17NO4/c1-11(19)16-6-5-15(8-13(16)9-17(20)21)22-10-12-3-2-4-14(18)7-12/h2-8H,9-10,18H2,1H3,(H,20,21). The lowest BCUT2D eigenvalue weighted by Gasteiger charge is -2.10. The number of aliphatic carboxylic acids is 1. The smallest absolute Gasteiger partial charge is 0.307 e. The highest BCUT2D eigenvalue weighted by Gasteiger charge is 2.12. The van der Waals surface area contributed by atoms with Crippen LogP contribution >= 0.6 is 0 Å². The van der Waals surface area contributed by atoms with Crippen molar-refractivity contribution in [3.63, 3.8) is 0 Å². The highest BCUT2D eigenvalue weighted by molar-refractivity contribution is 5.96. The van der Waals surface area contributed by atoms with Gasteiger partial charge >= 0.3 is 5.97 Å². The number of rotatable bonds is 6. The molecule has 0 atom stereocenters. The average Bonchev–Trinajstić information content (AvgIpc) is 2.44. The van der Waals surface area contributed by atoms with Crippen LogP contribution in [0.3, 0.4) is 0 Å². The molecular formula is C17H17NO4. The number of carbonyl (C=O) groups excluding carboxylic acids is 1. The van der Waals surface area contributed by atoms with E-state index in [1.165, 1.54) is 6.92 Å². The molecule has 0 spiro atoms. The normalized spacial score (nSPS) is 10.2. The Morgan fingerprint density at radius 1 is 1.18 bits per heavy atom. The first kappa shape index (κ1) is 15.6. The molecule has 2 aromatic carbocycles. The predicted octanol–water partition coefficient (Wildman–Crippen LogP) is 2.68. The lowest BCUT2D eigenvalue weighted by molar-refractivity contribution is -0.136. The zero-order valence-electron chi connectivity index (χ0n) is 12.2. The third kappa shape index (κ3) is 4.09. The molecule has 0 fully saturated rings. The number of carbonyl (C=O) groups is 2. The summed E-state index contributed by atoms with van der Waals surface area (Å²) < 4.78 is 5.64. The van der Waals surface area contributed by atoms with Crippen molar-refractivity contribution in [1.82, 2.24) is 0 Å². The van der Waals surface area contributed by atoms with Crippen LogP contribution in [0.1, 0.15) is 28.4 Å². The van der Waals surface area contributed by atoms with E-state index in [1.54, 1.807) is 24.3 Å². The summed E-state index contributed by atoms with van der Waals surface area (Å²) in [6, 6.07) is 12.2. The summed E-state index contributed by atoms with van der Waals surface area (Å²) in [6.45, 7) is 1.73. The second-order valence-electron chi connectivity index (χ2n) is 4.98. The lowest BCUT2D eigenvalue weighted by Crippen LogP contribution is -2.07. The van der Waals surface area contributed by atoms with Gasteiger partial charge in [-0.25, -0.2) is 0 Å². The molecule has 5 heteroatoms. The van der Waals surface area contributed by atoms with Crippen molar-refractivity contribution in [3.8, 4) is 5.75 Å². The van der Waals surface area contributed by atoms with E-state index in [0.29, 0.717) is 29.2 Å². The summed E-state index contributed by atoms with van der Waals surface area (Å²) in [6.07, 6.45) is -0.218. The second kappa shape index (κ2) is 6.76. The Morgan fingerprint density at radius 3 is 2.59 bits per heavy atom. The maximum atomic E-state index is 11.5. The number of Topliss-reactive ketones (excluding diaryl/α,β-unsaturated/α-hetero) is 1. The molecule has 0 unspecified atom stereocenters. The Kier molecular flexibility index (Phi) is 4.78. The molecule has 0 bridgehead atoms. The second-order valence-corrected chi connectivity index (χ2v) is 4.98. The Hall–Kier alpha value is -2.82. The zero-order chi connectivity index (χ0) is 16.1. The minimum Gasteiger partial charge on any atom is -0.489 e. The summed E-state index contributed by atoms with van der Waals surface area (Å²) in [5.74, 6) is -0.641. The Labute approximate surface area is 128 Å². The SMILES string of the molecule is CC(=O)c1ccc(OCc2cccc(N)c2)cc1CC(=O)O. The van der Waals surface area contributed by atoms with Crippen molar-refractivity contribution in [2.24, 2.45) is 0 Å². The van der Waals surface area contributed by atoms with Crippen LogP contribution in [0, 0.1) is 0 Å². The molecule has 22 heavy (non-hydrogen) atoms. The molecule has 5 nitrogen and oxygen atoms in total. The van der Waals surface area contributed by atoms with E-state index < -0.39 is 5.97 Å². The van der Waals surface area contributed by atoms with E-state index in [0.717, 1.165) is 5.56 Å². The Balaban J connectivity index is 2.17. The van der Waals surface area contributed by atoms with Gasteiger partial charge in [0, 0.05) is 11.3 Å². The fourth-order valence-electron chi connectivity index (χ4n) is 2.16. The van der Waals surface area contributed by atoms with Crippen LogP contribution in [0.25, 0.3) is 0 Å². The number of nitrogen functional groups attached to an aromatic ring is 1. The van der Waals surface area contributed by atoms with Gasteiger partial charge in [0.15, 0.2) is 5.78 Å². The third-order valence-electron chi connectivity index (χ3n) is 3.15. The van der Waals surface area contributed by atoms with Gasteiger partial charge in [0.1, 0.15) is 12.4 Å². The first-order chi connectivity index (χ1) is 10.5. The maximum Gasteiger partial charge on any atom is 0.307 e. The highest BCUT2D eigenvalue weighted by Crippen LogP contribution is 2.21. The van der Waals surface area contributed by atoms with E-state index in [2.05, 4.69) is 0 Å². The van der Waals surface area contributed by atoms with Gasteiger partial charge in [-0.3, -0.25) is 9.59 Å². The van der Waals surface area contributed by atoms with Gasteiger partial charge in [-0.1, -0.05) is 12.1 Å². The molecule has 0 aliphatic carbocycles.